The Kier molecular flexibility index (Phi) is 3.82. The Morgan fingerprint density at radius 1 is 1.19 bits per heavy atom. The summed E-state index contributed by atoms with van der Waals surface area (Å²) >= 11 is 6.05. The van der Waals surface area contributed by atoms with Crippen LogP contribution in [0.15, 0.2) is 42.6 Å². The number of hydrogen-bond acceptors (Lipinski definition) is 3. The fourth-order valence-electron chi connectivity index (χ4n) is 2.37. The third-order valence-corrected chi connectivity index (χ3v) is 3.54. The van der Waals surface area contributed by atoms with E-state index in [1.165, 1.54) is 0 Å². The van der Waals surface area contributed by atoms with E-state index in [4.69, 9.17) is 22.1 Å². The molecule has 0 amide bonds. The number of halogens is 1. The van der Waals surface area contributed by atoms with Crippen molar-refractivity contribution < 1.29 is 4.74 Å². The van der Waals surface area contributed by atoms with Gasteiger partial charge in [0.05, 0.1) is 23.0 Å². The minimum atomic E-state index is 0.393. The van der Waals surface area contributed by atoms with Crippen molar-refractivity contribution in [1.29, 1.82) is 0 Å². The zero-order chi connectivity index (χ0) is 14.8. The third-order valence-electron chi connectivity index (χ3n) is 3.31. The lowest BCUT2D eigenvalue weighted by molar-refractivity contribution is 0.340. The Hall–Kier alpha value is -2.04. The number of nitrogens with two attached hydrogens (primary N) is 1. The maximum Gasteiger partial charge on any atom is 0.137 e. The van der Waals surface area contributed by atoms with Crippen LogP contribution in [0.5, 0.6) is 5.75 Å². The third kappa shape index (κ3) is 2.60. The molecule has 5 heteroatoms. The summed E-state index contributed by atoms with van der Waals surface area (Å²) in [4.78, 5) is 4.65. The lowest BCUT2D eigenvalue weighted by atomic mass is 10.1. The van der Waals surface area contributed by atoms with Crippen LogP contribution in [-0.4, -0.2) is 16.0 Å². The van der Waals surface area contributed by atoms with Gasteiger partial charge in [0.25, 0.3) is 0 Å². The summed E-state index contributed by atoms with van der Waals surface area (Å²) in [6.07, 6.45) is 1.84. The van der Waals surface area contributed by atoms with Crippen LogP contribution >= 0.6 is 11.6 Å². The van der Waals surface area contributed by atoms with Gasteiger partial charge in [0.1, 0.15) is 11.4 Å². The summed E-state index contributed by atoms with van der Waals surface area (Å²) in [6.45, 7) is 3.01. The molecule has 2 heterocycles. The SMILES string of the molecule is CCOc1ccc(-c2nc3ccc(Cl)cn3c2CN)cc1. The van der Waals surface area contributed by atoms with Crippen LogP contribution in [0.1, 0.15) is 12.6 Å². The summed E-state index contributed by atoms with van der Waals surface area (Å²) in [6, 6.07) is 11.6. The molecule has 0 radical (unpaired) electrons. The molecule has 0 saturated heterocycles. The zero-order valence-electron chi connectivity index (χ0n) is 11.7. The number of hydrogen-bond donors (Lipinski definition) is 1. The van der Waals surface area contributed by atoms with Crippen LogP contribution in [-0.2, 0) is 6.54 Å². The highest BCUT2D eigenvalue weighted by Gasteiger charge is 2.13. The van der Waals surface area contributed by atoms with Crippen molar-refractivity contribution in [1.82, 2.24) is 9.38 Å². The Bertz CT molecular complexity index is 765. The molecular weight excluding hydrogens is 286 g/mol. The van der Waals surface area contributed by atoms with E-state index in [1.54, 1.807) is 0 Å². The van der Waals surface area contributed by atoms with Gasteiger partial charge in [-0.2, -0.15) is 0 Å². The molecule has 21 heavy (non-hydrogen) atoms. The molecule has 1 aromatic carbocycles. The molecule has 0 fully saturated rings. The average molecular weight is 302 g/mol. The summed E-state index contributed by atoms with van der Waals surface area (Å²) in [5.74, 6) is 0.849. The van der Waals surface area contributed by atoms with Gasteiger partial charge < -0.3 is 14.9 Å². The first-order chi connectivity index (χ1) is 10.2. The Labute approximate surface area is 128 Å². The number of ether oxygens (including phenoxy) is 1. The number of benzene rings is 1. The second-order valence-corrected chi connectivity index (χ2v) is 5.08. The van der Waals surface area contributed by atoms with Gasteiger partial charge >= 0.3 is 0 Å². The summed E-state index contributed by atoms with van der Waals surface area (Å²) in [5, 5.41) is 0.660. The van der Waals surface area contributed by atoms with Crippen molar-refractivity contribution in [3.05, 3.63) is 53.3 Å². The van der Waals surface area contributed by atoms with Gasteiger partial charge in [-0.25, -0.2) is 4.98 Å². The van der Waals surface area contributed by atoms with Gasteiger partial charge in [0.2, 0.25) is 0 Å². The lowest BCUT2D eigenvalue weighted by Gasteiger charge is -2.05. The van der Waals surface area contributed by atoms with E-state index in [0.29, 0.717) is 18.2 Å². The van der Waals surface area contributed by atoms with Gasteiger partial charge in [-0.1, -0.05) is 11.6 Å². The Morgan fingerprint density at radius 3 is 2.62 bits per heavy atom. The first-order valence-electron chi connectivity index (χ1n) is 6.82. The molecule has 0 aliphatic carbocycles. The van der Waals surface area contributed by atoms with Gasteiger partial charge in [-0.15, -0.1) is 0 Å². The van der Waals surface area contributed by atoms with E-state index in [0.717, 1.165) is 28.3 Å². The number of imidazole rings is 1. The van der Waals surface area contributed by atoms with Gasteiger partial charge in [-0.3, -0.25) is 0 Å². The average Bonchev–Trinajstić information content (AvgIpc) is 2.86. The molecule has 2 N–H and O–H groups in total. The molecule has 3 aromatic rings. The maximum absolute atomic E-state index is 6.05. The minimum Gasteiger partial charge on any atom is -0.494 e. The largest absolute Gasteiger partial charge is 0.494 e. The van der Waals surface area contributed by atoms with Crippen LogP contribution in [0, 0.1) is 0 Å². The highest BCUT2D eigenvalue weighted by atomic mass is 35.5. The van der Waals surface area contributed by atoms with Crippen LogP contribution in [0.3, 0.4) is 0 Å². The summed E-state index contributed by atoms with van der Waals surface area (Å²) in [7, 11) is 0. The fraction of sp³-hybridized carbons (Fsp3) is 0.188. The normalized spacial score (nSPS) is 11.0. The molecule has 0 spiro atoms. The molecule has 0 unspecified atom stereocenters. The smallest absolute Gasteiger partial charge is 0.137 e. The van der Waals surface area contributed by atoms with E-state index in [2.05, 4.69) is 4.98 Å². The molecule has 3 rings (SSSR count). The second-order valence-electron chi connectivity index (χ2n) is 4.64. The van der Waals surface area contributed by atoms with E-state index >= 15 is 0 Å². The Balaban J connectivity index is 2.10. The Morgan fingerprint density at radius 2 is 1.95 bits per heavy atom. The highest BCUT2D eigenvalue weighted by molar-refractivity contribution is 6.30. The van der Waals surface area contributed by atoms with Crippen molar-refractivity contribution in [3.8, 4) is 17.0 Å². The standard InChI is InChI=1S/C16H16ClN3O/c1-2-21-13-6-3-11(4-7-13)16-14(9-18)20-10-12(17)5-8-15(20)19-16/h3-8,10H,2,9,18H2,1H3. The number of nitrogens with zero attached hydrogens (tertiary/aromatic N) is 2. The number of rotatable bonds is 4. The fourth-order valence-corrected chi connectivity index (χ4v) is 2.53. The number of fused-ring (bicyclic) bond motifs is 1. The second kappa shape index (κ2) is 5.76. The van der Waals surface area contributed by atoms with Crippen molar-refractivity contribution in [2.24, 2.45) is 5.73 Å². The number of pyridine rings is 1. The van der Waals surface area contributed by atoms with Gasteiger partial charge in [0.15, 0.2) is 0 Å². The van der Waals surface area contributed by atoms with E-state index in [-0.39, 0.29) is 0 Å². The molecule has 0 saturated carbocycles. The van der Waals surface area contributed by atoms with Crippen molar-refractivity contribution >= 4 is 17.2 Å². The van der Waals surface area contributed by atoms with Gasteiger partial charge in [-0.05, 0) is 43.3 Å². The lowest BCUT2D eigenvalue weighted by Crippen LogP contribution is -2.02. The van der Waals surface area contributed by atoms with E-state index in [9.17, 15) is 0 Å². The molecule has 4 nitrogen and oxygen atoms in total. The quantitative estimate of drug-likeness (QED) is 0.802. The predicted molar refractivity (Wildman–Crippen MR) is 84.7 cm³/mol. The highest BCUT2D eigenvalue weighted by Crippen LogP contribution is 2.27. The first kappa shape index (κ1) is 13.9. The van der Waals surface area contributed by atoms with Crippen LogP contribution in [0.4, 0.5) is 0 Å². The maximum atomic E-state index is 6.05. The molecule has 108 valence electrons. The number of aromatic nitrogens is 2. The molecular formula is C16H16ClN3O. The van der Waals surface area contributed by atoms with Crippen LogP contribution < -0.4 is 10.5 Å². The molecule has 0 bridgehead atoms. The van der Waals surface area contributed by atoms with Gasteiger partial charge in [0, 0.05) is 18.3 Å². The molecule has 0 aliphatic rings. The monoisotopic (exact) mass is 301 g/mol. The predicted octanol–water partition coefficient (Wildman–Crippen LogP) is 3.51. The summed E-state index contributed by atoms with van der Waals surface area (Å²) < 4.78 is 7.40. The van der Waals surface area contributed by atoms with Crippen molar-refractivity contribution in [2.45, 2.75) is 13.5 Å². The van der Waals surface area contributed by atoms with Crippen molar-refractivity contribution in [3.63, 3.8) is 0 Å². The minimum absolute atomic E-state index is 0.393. The zero-order valence-corrected chi connectivity index (χ0v) is 12.5. The molecule has 2 aromatic heterocycles. The topological polar surface area (TPSA) is 52.5 Å². The van der Waals surface area contributed by atoms with Crippen molar-refractivity contribution in [2.75, 3.05) is 6.61 Å². The van der Waals surface area contributed by atoms with Crippen LogP contribution in [0.25, 0.3) is 16.9 Å². The van der Waals surface area contributed by atoms with E-state index in [1.807, 2.05) is 53.9 Å². The first-order valence-corrected chi connectivity index (χ1v) is 7.20. The molecule has 0 atom stereocenters. The molecule has 0 aliphatic heterocycles. The summed E-state index contributed by atoms with van der Waals surface area (Å²) in [5.41, 5.74) is 9.57. The van der Waals surface area contributed by atoms with E-state index < -0.39 is 0 Å². The van der Waals surface area contributed by atoms with Crippen LogP contribution in [0.2, 0.25) is 5.02 Å².